The van der Waals surface area contributed by atoms with Gasteiger partial charge in [0.05, 0.1) is 12.3 Å². The molecule has 0 saturated carbocycles. The van der Waals surface area contributed by atoms with Crippen molar-refractivity contribution in [2.75, 3.05) is 23.4 Å². The number of benzene rings is 1. The van der Waals surface area contributed by atoms with Crippen molar-refractivity contribution in [2.45, 2.75) is 19.9 Å². The first-order valence-electron chi connectivity index (χ1n) is 7.11. The monoisotopic (exact) mass is 286 g/mol. The van der Waals surface area contributed by atoms with E-state index in [-0.39, 0.29) is 6.03 Å². The average molecular weight is 286 g/mol. The molecular formula is C15H18N4O2. The molecule has 0 saturated heterocycles. The lowest BCUT2D eigenvalue weighted by molar-refractivity contribution is 0.257. The van der Waals surface area contributed by atoms with E-state index in [0.717, 1.165) is 13.0 Å². The minimum Gasteiger partial charge on any atom is -0.491 e. The van der Waals surface area contributed by atoms with Crippen LogP contribution in [0.15, 0.2) is 36.7 Å². The Bertz CT molecular complexity index is 638. The van der Waals surface area contributed by atoms with Gasteiger partial charge < -0.3 is 14.6 Å². The van der Waals surface area contributed by atoms with E-state index in [0.29, 0.717) is 30.5 Å². The van der Waals surface area contributed by atoms with Crippen LogP contribution in [0.25, 0.3) is 0 Å². The molecule has 1 aromatic heterocycles. The fourth-order valence-electron chi connectivity index (χ4n) is 2.31. The second-order valence-corrected chi connectivity index (χ2v) is 4.85. The summed E-state index contributed by atoms with van der Waals surface area (Å²) < 4.78 is 7.61. The summed E-state index contributed by atoms with van der Waals surface area (Å²) in [6.07, 6.45) is 4.50. The Balaban J connectivity index is 1.74. The van der Waals surface area contributed by atoms with E-state index in [2.05, 4.69) is 10.3 Å². The van der Waals surface area contributed by atoms with Crippen LogP contribution in [0.3, 0.4) is 0 Å². The fraction of sp³-hybridized carbons (Fsp3) is 0.333. The number of ether oxygens (including phenoxy) is 1. The van der Waals surface area contributed by atoms with Gasteiger partial charge in [-0.3, -0.25) is 4.90 Å². The van der Waals surface area contributed by atoms with Crippen molar-refractivity contribution < 1.29 is 9.53 Å². The summed E-state index contributed by atoms with van der Waals surface area (Å²) in [5, 5.41) is 2.90. The lowest BCUT2D eigenvalue weighted by Crippen LogP contribution is -2.33. The summed E-state index contributed by atoms with van der Waals surface area (Å²) >= 11 is 0. The SMILES string of the molecule is CCCOc1ccccc1NC(=O)N1CCn2ccnc21. The van der Waals surface area contributed by atoms with Gasteiger partial charge in [-0.25, -0.2) is 9.78 Å². The molecule has 6 heteroatoms. The first kappa shape index (κ1) is 13.5. The van der Waals surface area contributed by atoms with Gasteiger partial charge in [-0.2, -0.15) is 0 Å². The molecule has 0 bridgehead atoms. The molecule has 1 aliphatic heterocycles. The molecule has 110 valence electrons. The molecule has 6 nitrogen and oxygen atoms in total. The maximum atomic E-state index is 12.4. The molecule has 3 rings (SSSR count). The zero-order valence-corrected chi connectivity index (χ0v) is 12.0. The van der Waals surface area contributed by atoms with Gasteiger partial charge in [0, 0.05) is 25.5 Å². The Kier molecular flexibility index (Phi) is 3.77. The number of hydrogen-bond acceptors (Lipinski definition) is 3. The van der Waals surface area contributed by atoms with Gasteiger partial charge >= 0.3 is 6.03 Å². The van der Waals surface area contributed by atoms with Gasteiger partial charge in [0.15, 0.2) is 0 Å². The van der Waals surface area contributed by atoms with Crippen molar-refractivity contribution in [1.82, 2.24) is 9.55 Å². The number of fused-ring (bicyclic) bond motifs is 1. The fourth-order valence-corrected chi connectivity index (χ4v) is 2.31. The lowest BCUT2D eigenvalue weighted by Gasteiger charge is -2.17. The third-order valence-corrected chi connectivity index (χ3v) is 3.33. The highest BCUT2D eigenvalue weighted by Crippen LogP contribution is 2.26. The van der Waals surface area contributed by atoms with E-state index >= 15 is 0 Å². The number of carbonyl (C=O) groups is 1. The minimum atomic E-state index is -0.188. The third-order valence-electron chi connectivity index (χ3n) is 3.33. The van der Waals surface area contributed by atoms with E-state index < -0.39 is 0 Å². The predicted molar refractivity (Wildman–Crippen MR) is 80.8 cm³/mol. The van der Waals surface area contributed by atoms with Gasteiger partial charge in [-0.1, -0.05) is 19.1 Å². The largest absolute Gasteiger partial charge is 0.491 e. The number of nitrogens with one attached hydrogen (secondary N) is 1. The number of anilines is 2. The third kappa shape index (κ3) is 2.69. The standard InChI is InChI=1S/C15H18N4O2/c1-2-11-21-13-6-4-3-5-12(13)17-15(20)19-10-9-18-8-7-16-14(18)19/h3-8H,2,9-11H2,1H3,(H,17,20). The molecule has 1 aliphatic rings. The number of urea groups is 1. The number of amides is 2. The maximum absolute atomic E-state index is 12.4. The van der Waals surface area contributed by atoms with Crippen LogP contribution in [-0.4, -0.2) is 28.7 Å². The second-order valence-electron chi connectivity index (χ2n) is 4.85. The summed E-state index contributed by atoms with van der Waals surface area (Å²) in [4.78, 5) is 18.3. The van der Waals surface area contributed by atoms with Crippen molar-refractivity contribution in [2.24, 2.45) is 0 Å². The number of aromatic nitrogens is 2. The molecule has 0 aliphatic carbocycles. The number of hydrogen-bond donors (Lipinski definition) is 1. The van der Waals surface area contributed by atoms with Crippen LogP contribution < -0.4 is 15.0 Å². The van der Waals surface area contributed by atoms with Crippen molar-refractivity contribution in [3.05, 3.63) is 36.7 Å². The lowest BCUT2D eigenvalue weighted by atomic mass is 10.3. The summed E-state index contributed by atoms with van der Waals surface area (Å²) in [5.74, 6) is 1.37. The van der Waals surface area contributed by atoms with Crippen molar-refractivity contribution in [1.29, 1.82) is 0 Å². The Hall–Kier alpha value is -2.50. The molecule has 21 heavy (non-hydrogen) atoms. The van der Waals surface area contributed by atoms with E-state index in [1.165, 1.54) is 0 Å². The maximum Gasteiger partial charge on any atom is 0.328 e. The Labute approximate surface area is 123 Å². The van der Waals surface area contributed by atoms with E-state index in [4.69, 9.17) is 4.74 Å². The summed E-state index contributed by atoms with van der Waals surface area (Å²) in [7, 11) is 0. The number of para-hydroxylation sites is 2. The first-order chi connectivity index (χ1) is 10.3. The van der Waals surface area contributed by atoms with Crippen LogP contribution in [0.1, 0.15) is 13.3 Å². The minimum absolute atomic E-state index is 0.188. The summed E-state index contributed by atoms with van der Waals surface area (Å²) in [6.45, 7) is 4.08. The van der Waals surface area contributed by atoms with E-state index in [1.807, 2.05) is 42.0 Å². The first-order valence-corrected chi connectivity index (χ1v) is 7.11. The Morgan fingerprint density at radius 1 is 1.38 bits per heavy atom. The average Bonchev–Trinajstić information content (AvgIpc) is 3.09. The topological polar surface area (TPSA) is 59.4 Å². The number of carbonyl (C=O) groups excluding carboxylic acids is 1. The zero-order chi connectivity index (χ0) is 14.7. The normalized spacial score (nSPS) is 13.1. The van der Waals surface area contributed by atoms with Crippen LogP contribution in [0.5, 0.6) is 5.75 Å². The van der Waals surface area contributed by atoms with E-state index in [9.17, 15) is 4.79 Å². The molecule has 0 atom stereocenters. The highest BCUT2D eigenvalue weighted by atomic mass is 16.5. The number of nitrogens with zero attached hydrogens (tertiary/aromatic N) is 3. The Morgan fingerprint density at radius 2 is 2.24 bits per heavy atom. The van der Waals surface area contributed by atoms with Gasteiger partial charge in [0.2, 0.25) is 5.95 Å². The van der Waals surface area contributed by atoms with Crippen molar-refractivity contribution in [3.8, 4) is 5.75 Å². The number of rotatable bonds is 4. The molecule has 2 aromatic rings. The Morgan fingerprint density at radius 3 is 3.10 bits per heavy atom. The zero-order valence-electron chi connectivity index (χ0n) is 12.0. The highest BCUT2D eigenvalue weighted by molar-refractivity contribution is 6.01. The molecule has 1 N–H and O–H groups in total. The van der Waals surface area contributed by atoms with Crippen molar-refractivity contribution in [3.63, 3.8) is 0 Å². The van der Waals surface area contributed by atoms with Crippen LogP contribution in [0, 0.1) is 0 Å². The van der Waals surface area contributed by atoms with Crippen molar-refractivity contribution >= 4 is 17.7 Å². The number of imidazole rings is 1. The van der Waals surface area contributed by atoms with Gasteiger partial charge in [-0.15, -0.1) is 0 Å². The van der Waals surface area contributed by atoms with Gasteiger partial charge in [0.25, 0.3) is 0 Å². The molecular weight excluding hydrogens is 268 g/mol. The molecule has 0 fully saturated rings. The van der Waals surface area contributed by atoms with Crippen LogP contribution in [-0.2, 0) is 6.54 Å². The molecule has 2 heterocycles. The highest BCUT2D eigenvalue weighted by Gasteiger charge is 2.26. The van der Waals surface area contributed by atoms with Crippen LogP contribution in [0.2, 0.25) is 0 Å². The van der Waals surface area contributed by atoms with Crippen LogP contribution >= 0.6 is 0 Å². The summed E-state index contributed by atoms with van der Waals surface area (Å²) in [6, 6.07) is 7.27. The van der Waals surface area contributed by atoms with E-state index in [1.54, 1.807) is 11.1 Å². The molecule has 0 spiro atoms. The second kappa shape index (κ2) is 5.87. The molecule has 1 aromatic carbocycles. The van der Waals surface area contributed by atoms with Gasteiger partial charge in [0.1, 0.15) is 5.75 Å². The van der Waals surface area contributed by atoms with Crippen LogP contribution in [0.4, 0.5) is 16.4 Å². The quantitative estimate of drug-likeness (QED) is 0.940. The molecule has 2 amide bonds. The molecule has 0 unspecified atom stereocenters. The molecule has 0 radical (unpaired) electrons. The smallest absolute Gasteiger partial charge is 0.328 e. The predicted octanol–water partition coefficient (Wildman–Crippen LogP) is 2.72. The summed E-state index contributed by atoms with van der Waals surface area (Å²) in [5.41, 5.74) is 0.681. The van der Waals surface area contributed by atoms with Gasteiger partial charge in [-0.05, 0) is 18.6 Å².